The largest absolute Gasteiger partial charge is 0.368 e. The molecule has 3 heterocycles. The minimum atomic E-state index is -0.602. The third kappa shape index (κ3) is 6.10. The first-order valence-electron chi connectivity index (χ1n) is 14.2. The molecule has 4 atom stereocenters. The number of aromatic nitrogens is 3. The summed E-state index contributed by atoms with van der Waals surface area (Å²) in [5.41, 5.74) is 0.521. The number of nitrogens with one attached hydrogen (secondary N) is 1. The zero-order chi connectivity index (χ0) is 28.4. The summed E-state index contributed by atoms with van der Waals surface area (Å²) in [5.74, 6) is 0.0835. The Kier molecular flexibility index (Phi) is 8.33. The van der Waals surface area contributed by atoms with Crippen LogP contribution in [-0.4, -0.2) is 57.9 Å². The number of ether oxygens (including phenoxy) is 1. The summed E-state index contributed by atoms with van der Waals surface area (Å²) in [6, 6.07) is 12.6. The number of rotatable bonds is 8. The molecular formula is C31H39F2N5O2. The maximum absolute atomic E-state index is 14.9. The number of carbonyl (C=O) groups is 1. The smallest absolute Gasteiger partial charge is 0.252 e. The van der Waals surface area contributed by atoms with Crippen molar-refractivity contribution in [3.63, 3.8) is 0 Å². The van der Waals surface area contributed by atoms with Crippen LogP contribution < -0.4 is 5.32 Å². The molecule has 214 valence electrons. The van der Waals surface area contributed by atoms with Gasteiger partial charge in [0, 0.05) is 13.2 Å². The minimum Gasteiger partial charge on any atom is -0.368 e. The van der Waals surface area contributed by atoms with Crippen LogP contribution in [0.2, 0.25) is 0 Å². The van der Waals surface area contributed by atoms with Crippen LogP contribution in [0.1, 0.15) is 58.0 Å². The Hall–Kier alpha value is -3.17. The molecule has 5 rings (SSSR count). The topological polar surface area (TPSA) is 72.3 Å². The van der Waals surface area contributed by atoms with E-state index in [1.165, 1.54) is 0 Å². The molecule has 1 N–H and O–H groups in total. The Labute approximate surface area is 234 Å². The van der Waals surface area contributed by atoms with Gasteiger partial charge in [0.15, 0.2) is 11.6 Å². The Morgan fingerprint density at radius 3 is 2.60 bits per heavy atom. The van der Waals surface area contributed by atoms with Crippen molar-refractivity contribution < 1.29 is 18.3 Å². The van der Waals surface area contributed by atoms with Gasteiger partial charge in [-0.25, -0.2) is 18.4 Å². The fraction of sp³-hybridized carbons (Fsp3) is 0.516. The highest BCUT2D eigenvalue weighted by Crippen LogP contribution is 2.40. The molecule has 0 saturated carbocycles. The first-order chi connectivity index (χ1) is 19.1. The van der Waals surface area contributed by atoms with E-state index in [9.17, 15) is 13.6 Å². The second kappa shape index (κ2) is 11.7. The standard InChI is InChI=1S/C31H39F2N5O2/c1-20-16-34-17-22(20)19-37(30(39)26-11-8-14-40-26)27(31(2,3)4)29-35-28(24-15-23(32)12-13-25(24)33)36-38(29)18-21-9-6-5-7-10-21/h5-7,9-10,12-13,15,20,22,26-27,34H,8,11,14,16-19H2,1-4H3/t20-,22-,26?,27-/m0/s1. The predicted octanol–water partition coefficient (Wildman–Crippen LogP) is 5.22. The van der Waals surface area contributed by atoms with Crippen LogP contribution in [0.15, 0.2) is 48.5 Å². The Morgan fingerprint density at radius 1 is 1.18 bits per heavy atom. The van der Waals surface area contributed by atoms with Crippen molar-refractivity contribution in [2.45, 2.75) is 59.2 Å². The van der Waals surface area contributed by atoms with Crippen molar-refractivity contribution in [2.75, 3.05) is 26.2 Å². The fourth-order valence-electron chi connectivity index (χ4n) is 5.85. The molecule has 2 fully saturated rings. The molecule has 2 saturated heterocycles. The van der Waals surface area contributed by atoms with Crippen molar-refractivity contribution in [3.8, 4) is 11.4 Å². The van der Waals surface area contributed by atoms with E-state index < -0.39 is 29.2 Å². The molecule has 1 unspecified atom stereocenters. The number of amides is 1. The van der Waals surface area contributed by atoms with Crippen molar-refractivity contribution in [1.82, 2.24) is 25.0 Å². The summed E-state index contributed by atoms with van der Waals surface area (Å²) < 4.78 is 36.7. The lowest BCUT2D eigenvalue weighted by Crippen LogP contribution is -2.49. The van der Waals surface area contributed by atoms with E-state index in [1.54, 1.807) is 4.68 Å². The van der Waals surface area contributed by atoms with Gasteiger partial charge in [0.05, 0.1) is 18.2 Å². The molecular weight excluding hydrogens is 512 g/mol. The highest BCUT2D eigenvalue weighted by atomic mass is 19.1. The van der Waals surface area contributed by atoms with E-state index in [1.807, 2.05) is 35.2 Å². The minimum absolute atomic E-state index is 0.00802. The molecule has 0 aliphatic carbocycles. The Balaban J connectivity index is 1.64. The number of halogens is 2. The zero-order valence-corrected chi connectivity index (χ0v) is 23.7. The molecule has 0 radical (unpaired) electrons. The van der Waals surface area contributed by atoms with Gasteiger partial charge < -0.3 is 15.0 Å². The second-order valence-electron chi connectivity index (χ2n) is 12.2. The highest BCUT2D eigenvalue weighted by Gasteiger charge is 2.43. The first kappa shape index (κ1) is 28.4. The molecule has 9 heteroatoms. The SMILES string of the molecule is C[C@H]1CNC[C@H]1CN(C(=O)C1CCCO1)[C@@H](c1nc(-c2cc(F)ccc2F)nn1Cc1ccccc1)C(C)(C)C. The van der Waals surface area contributed by atoms with Crippen LogP contribution in [0.5, 0.6) is 0 Å². The van der Waals surface area contributed by atoms with E-state index in [0.29, 0.717) is 37.9 Å². The van der Waals surface area contributed by atoms with Gasteiger partial charge in [-0.1, -0.05) is 58.0 Å². The van der Waals surface area contributed by atoms with Gasteiger partial charge in [0.2, 0.25) is 0 Å². The monoisotopic (exact) mass is 551 g/mol. The lowest BCUT2D eigenvalue weighted by molar-refractivity contribution is -0.147. The van der Waals surface area contributed by atoms with E-state index in [-0.39, 0.29) is 23.2 Å². The molecule has 40 heavy (non-hydrogen) atoms. The van der Waals surface area contributed by atoms with Gasteiger partial charge in [-0.3, -0.25) is 4.79 Å². The molecule has 2 aliphatic heterocycles. The van der Waals surface area contributed by atoms with Crippen LogP contribution in [-0.2, 0) is 16.1 Å². The second-order valence-corrected chi connectivity index (χ2v) is 12.2. The molecule has 1 aromatic heterocycles. The Morgan fingerprint density at radius 2 is 1.95 bits per heavy atom. The molecule has 0 spiro atoms. The number of carbonyl (C=O) groups excluding carboxylic acids is 1. The highest BCUT2D eigenvalue weighted by molar-refractivity contribution is 5.81. The number of hydrogen-bond acceptors (Lipinski definition) is 5. The van der Waals surface area contributed by atoms with Crippen LogP contribution in [0.3, 0.4) is 0 Å². The van der Waals surface area contributed by atoms with Crippen molar-refractivity contribution in [3.05, 3.63) is 71.6 Å². The summed E-state index contributed by atoms with van der Waals surface area (Å²) in [6.45, 7) is 11.6. The molecule has 2 aromatic carbocycles. The summed E-state index contributed by atoms with van der Waals surface area (Å²) in [7, 11) is 0. The summed E-state index contributed by atoms with van der Waals surface area (Å²) in [4.78, 5) is 21.0. The normalized spacial score (nSPS) is 22.0. The summed E-state index contributed by atoms with van der Waals surface area (Å²) in [6.07, 6.45) is 1.03. The van der Waals surface area contributed by atoms with Crippen molar-refractivity contribution in [2.24, 2.45) is 17.3 Å². The van der Waals surface area contributed by atoms with Crippen LogP contribution in [0, 0.1) is 28.9 Å². The van der Waals surface area contributed by atoms with Gasteiger partial charge in [-0.05, 0) is 66.9 Å². The molecule has 0 bridgehead atoms. The maximum atomic E-state index is 14.9. The van der Waals surface area contributed by atoms with E-state index in [0.717, 1.165) is 43.3 Å². The molecule has 2 aliphatic rings. The van der Waals surface area contributed by atoms with E-state index in [4.69, 9.17) is 14.8 Å². The van der Waals surface area contributed by atoms with Crippen molar-refractivity contribution >= 4 is 5.91 Å². The van der Waals surface area contributed by atoms with Gasteiger partial charge in [-0.15, -0.1) is 0 Å². The van der Waals surface area contributed by atoms with Crippen molar-refractivity contribution in [1.29, 1.82) is 0 Å². The quantitative estimate of drug-likeness (QED) is 0.416. The van der Waals surface area contributed by atoms with E-state index in [2.05, 4.69) is 33.0 Å². The third-order valence-electron chi connectivity index (χ3n) is 8.02. The number of hydrogen-bond donors (Lipinski definition) is 1. The van der Waals surface area contributed by atoms with Gasteiger partial charge in [-0.2, -0.15) is 5.10 Å². The number of nitrogens with zero attached hydrogens (tertiary/aromatic N) is 4. The van der Waals surface area contributed by atoms with Crippen LogP contribution in [0.25, 0.3) is 11.4 Å². The van der Waals surface area contributed by atoms with Gasteiger partial charge in [0.25, 0.3) is 5.91 Å². The fourth-order valence-corrected chi connectivity index (χ4v) is 5.85. The van der Waals surface area contributed by atoms with Gasteiger partial charge in [0.1, 0.15) is 17.7 Å². The average Bonchev–Trinajstić information content (AvgIpc) is 3.67. The summed E-state index contributed by atoms with van der Waals surface area (Å²) in [5, 5.41) is 8.17. The lowest BCUT2D eigenvalue weighted by Gasteiger charge is -2.42. The molecule has 1 amide bonds. The summed E-state index contributed by atoms with van der Waals surface area (Å²) >= 11 is 0. The molecule has 3 aromatic rings. The zero-order valence-electron chi connectivity index (χ0n) is 23.7. The third-order valence-corrected chi connectivity index (χ3v) is 8.02. The lowest BCUT2D eigenvalue weighted by atomic mass is 9.83. The first-order valence-corrected chi connectivity index (χ1v) is 14.2. The maximum Gasteiger partial charge on any atom is 0.252 e. The Bertz CT molecular complexity index is 1320. The van der Waals surface area contributed by atoms with Gasteiger partial charge >= 0.3 is 0 Å². The van der Waals surface area contributed by atoms with Crippen LogP contribution >= 0.6 is 0 Å². The van der Waals surface area contributed by atoms with E-state index >= 15 is 0 Å². The number of benzene rings is 2. The predicted molar refractivity (Wildman–Crippen MR) is 149 cm³/mol. The van der Waals surface area contributed by atoms with Crippen LogP contribution in [0.4, 0.5) is 8.78 Å². The average molecular weight is 552 g/mol. The molecule has 7 nitrogen and oxygen atoms in total.